The zero-order chi connectivity index (χ0) is 20.2. The third kappa shape index (κ3) is 3.75. The molecule has 0 saturated carbocycles. The first-order chi connectivity index (χ1) is 14.2. The molecule has 3 aromatic carbocycles. The van der Waals surface area contributed by atoms with Crippen LogP contribution in [-0.2, 0) is 11.3 Å². The SMILES string of the molecule is COc1ccc(-c2noc(COC(=O)c3cccc4ccccc34)n2)cc1OC. The molecule has 146 valence electrons. The molecule has 0 spiro atoms. The molecule has 1 heterocycles. The van der Waals surface area contributed by atoms with Gasteiger partial charge in [-0.15, -0.1) is 0 Å². The van der Waals surface area contributed by atoms with Gasteiger partial charge in [-0.3, -0.25) is 0 Å². The molecule has 0 atom stereocenters. The van der Waals surface area contributed by atoms with E-state index in [1.807, 2.05) is 36.4 Å². The maximum Gasteiger partial charge on any atom is 0.339 e. The summed E-state index contributed by atoms with van der Waals surface area (Å²) in [5.74, 6) is 1.26. The molecular weight excluding hydrogens is 372 g/mol. The number of methoxy groups -OCH3 is 2. The van der Waals surface area contributed by atoms with Crippen LogP contribution in [-0.4, -0.2) is 30.3 Å². The standard InChI is InChI=1S/C22H18N2O5/c1-26-18-11-10-15(12-19(18)27-2)21-23-20(29-24-21)13-28-22(25)17-9-5-7-14-6-3-4-8-16(14)17/h3-12H,13H2,1-2H3. The highest BCUT2D eigenvalue weighted by molar-refractivity contribution is 6.04. The van der Waals surface area contributed by atoms with Gasteiger partial charge in [0.05, 0.1) is 19.8 Å². The maximum atomic E-state index is 12.5. The topological polar surface area (TPSA) is 83.7 Å². The van der Waals surface area contributed by atoms with Gasteiger partial charge in [-0.05, 0) is 35.0 Å². The molecular formula is C22H18N2O5. The third-order valence-corrected chi connectivity index (χ3v) is 4.45. The van der Waals surface area contributed by atoms with Crippen LogP contribution in [0.1, 0.15) is 16.2 Å². The second-order valence-corrected chi connectivity index (χ2v) is 6.18. The van der Waals surface area contributed by atoms with Crippen molar-refractivity contribution in [1.29, 1.82) is 0 Å². The number of aromatic nitrogens is 2. The maximum absolute atomic E-state index is 12.5. The number of rotatable bonds is 6. The van der Waals surface area contributed by atoms with E-state index in [4.69, 9.17) is 18.7 Å². The fourth-order valence-electron chi connectivity index (χ4n) is 3.01. The molecule has 0 fully saturated rings. The molecule has 29 heavy (non-hydrogen) atoms. The predicted octanol–water partition coefficient (Wildman–Crippen LogP) is 4.26. The predicted molar refractivity (Wildman–Crippen MR) is 106 cm³/mol. The highest BCUT2D eigenvalue weighted by Gasteiger charge is 2.15. The Bertz CT molecular complexity index is 1160. The quantitative estimate of drug-likeness (QED) is 0.455. The molecule has 4 rings (SSSR count). The van der Waals surface area contributed by atoms with Crippen molar-refractivity contribution in [2.75, 3.05) is 14.2 Å². The first-order valence-electron chi connectivity index (χ1n) is 8.89. The fraction of sp³-hybridized carbons (Fsp3) is 0.136. The second kappa shape index (κ2) is 8.02. The Morgan fingerprint density at radius 3 is 2.59 bits per heavy atom. The summed E-state index contributed by atoms with van der Waals surface area (Å²) in [6.45, 7) is -0.123. The lowest BCUT2D eigenvalue weighted by atomic mass is 10.1. The summed E-state index contributed by atoms with van der Waals surface area (Å²) < 4.78 is 21.1. The van der Waals surface area contributed by atoms with Crippen LogP contribution < -0.4 is 9.47 Å². The summed E-state index contributed by atoms with van der Waals surface area (Å²) in [7, 11) is 3.12. The number of carbonyl (C=O) groups is 1. The van der Waals surface area contributed by atoms with E-state index in [2.05, 4.69) is 10.1 Å². The van der Waals surface area contributed by atoms with Gasteiger partial charge < -0.3 is 18.7 Å². The van der Waals surface area contributed by atoms with E-state index in [9.17, 15) is 4.79 Å². The molecule has 0 N–H and O–H groups in total. The van der Waals surface area contributed by atoms with Crippen molar-refractivity contribution >= 4 is 16.7 Å². The van der Waals surface area contributed by atoms with Gasteiger partial charge in [-0.25, -0.2) is 4.79 Å². The van der Waals surface area contributed by atoms with Crippen LogP contribution >= 0.6 is 0 Å². The average molecular weight is 390 g/mol. The number of carbonyl (C=O) groups excluding carboxylic acids is 1. The minimum Gasteiger partial charge on any atom is -0.493 e. The number of hydrogen-bond acceptors (Lipinski definition) is 7. The Kier molecular flexibility index (Phi) is 5.11. The van der Waals surface area contributed by atoms with Gasteiger partial charge in [0.1, 0.15) is 0 Å². The van der Waals surface area contributed by atoms with Crippen molar-refractivity contribution in [3.05, 3.63) is 72.1 Å². The van der Waals surface area contributed by atoms with Gasteiger partial charge in [0.15, 0.2) is 18.1 Å². The molecule has 4 aromatic rings. The molecule has 0 radical (unpaired) electrons. The zero-order valence-corrected chi connectivity index (χ0v) is 15.9. The smallest absolute Gasteiger partial charge is 0.339 e. The molecule has 0 aliphatic heterocycles. The van der Waals surface area contributed by atoms with E-state index < -0.39 is 5.97 Å². The molecule has 0 bridgehead atoms. The van der Waals surface area contributed by atoms with Gasteiger partial charge >= 0.3 is 5.97 Å². The molecule has 1 aromatic heterocycles. The largest absolute Gasteiger partial charge is 0.493 e. The van der Waals surface area contributed by atoms with Crippen LogP contribution in [0.5, 0.6) is 11.5 Å². The number of ether oxygens (including phenoxy) is 3. The van der Waals surface area contributed by atoms with Crippen molar-refractivity contribution in [3.8, 4) is 22.9 Å². The summed E-state index contributed by atoms with van der Waals surface area (Å²) in [6.07, 6.45) is 0. The van der Waals surface area contributed by atoms with Crippen LogP contribution in [0.3, 0.4) is 0 Å². The molecule has 7 heteroatoms. The van der Waals surface area contributed by atoms with E-state index in [1.165, 1.54) is 0 Å². The Labute approximate surface area is 166 Å². The average Bonchev–Trinajstić information content (AvgIpc) is 3.25. The van der Waals surface area contributed by atoms with Gasteiger partial charge in [0.25, 0.3) is 5.89 Å². The van der Waals surface area contributed by atoms with Gasteiger partial charge in [0.2, 0.25) is 5.82 Å². The fourth-order valence-corrected chi connectivity index (χ4v) is 3.01. The third-order valence-electron chi connectivity index (χ3n) is 4.45. The highest BCUT2D eigenvalue weighted by Crippen LogP contribution is 2.31. The van der Waals surface area contributed by atoms with Crippen molar-refractivity contribution in [3.63, 3.8) is 0 Å². The number of fused-ring (bicyclic) bond motifs is 1. The molecule has 0 saturated heterocycles. The molecule has 0 aliphatic rings. The lowest BCUT2D eigenvalue weighted by Crippen LogP contribution is -2.06. The minimum absolute atomic E-state index is 0.123. The summed E-state index contributed by atoms with van der Waals surface area (Å²) in [6, 6.07) is 18.4. The Morgan fingerprint density at radius 1 is 0.966 bits per heavy atom. The van der Waals surface area contributed by atoms with Gasteiger partial charge in [-0.2, -0.15) is 4.98 Å². The van der Waals surface area contributed by atoms with Gasteiger partial charge in [0, 0.05) is 5.56 Å². The van der Waals surface area contributed by atoms with E-state index >= 15 is 0 Å². The van der Waals surface area contributed by atoms with Crippen LogP contribution in [0.4, 0.5) is 0 Å². The van der Waals surface area contributed by atoms with E-state index in [1.54, 1.807) is 38.5 Å². The summed E-state index contributed by atoms with van der Waals surface area (Å²) in [5, 5.41) is 5.74. The number of esters is 1. The lowest BCUT2D eigenvalue weighted by molar-refractivity contribution is 0.0432. The van der Waals surface area contributed by atoms with Crippen molar-refractivity contribution in [2.45, 2.75) is 6.61 Å². The molecule has 0 aliphatic carbocycles. The summed E-state index contributed by atoms with van der Waals surface area (Å²) in [4.78, 5) is 16.8. The van der Waals surface area contributed by atoms with Crippen LogP contribution in [0.2, 0.25) is 0 Å². The lowest BCUT2D eigenvalue weighted by Gasteiger charge is -2.07. The van der Waals surface area contributed by atoms with E-state index in [0.717, 1.165) is 10.8 Å². The summed E-state index contributed by atoms with van der Waals surface area (Å²) in [5.41, 5.74) is 1.18. The van der Waals surface area contributed by atoms with Crippen molar-refractivity contribution < 1.29 is 23.5 Å². The van der Waals surface area contributed by atoms with Crippen LogP contribution in [0.25, 0.3) is 22.2 Å². The van der Waals surface area contributed by atoms with Crippen molar-refractivity contribution in [1.82, 2.24) is 10.1 Å². The Hall–Kier alpha value is -3.87. The van der Waals surface area contributed by atoms with Gasteiger partial charge in [-0.1, -0.05) is 41.6 Å². The Balaban J connectivity index is 1.49. The number of nitrogens with zero attached hydrogens (tertiary/aromatic N) is 2. The molecule has 0 amide bonds. The first kappa shape index (κ1) is 18.5. The molecule has 0 unspecified atom stereocenters. The number of hydrogen-bond donors (Lipinski definition) is 0. The van der Waals surface area contributed by atoms with E-state index in [0.29, 0.717) is 28.5 Å². The highest BCUT2D eigenvalue weighted by atomic mass is 16.6. The van der Waals surface area contributed by atoms with Crippen LogP contribution in [0.15, 0.2) is 65.2 Å². The van der Waals surface area contributed by atoms with E-state index in [-0.39, 0.29) is 12.5 Å². The second-order valence-electron chi connectivity index (χ2n) is 6.18. The normalized spacial score (nSPS) is 10.7. The zero-order valence-electron chi connectivity index (χ0n) is 15.9. The van der Waals surface area contributed by atoms with Crippen LogP contribution in [0, 0.1) is 0 Å². The Morgan fingerprint density at radius 2 is 1.76 bits per heavy atom. The minimum atomic E-state index is -0.451. The van der Waals surface area contributed by atoms with Crippen molar-refractivity contribution in [2.24, 2.45) is 0 Å². The monoisotopic (exact) mass is 390 g/mol. The summed E-state index contributed by atoms with van der Waals surface area (Å²) >= 11 is 0. The first-order valence-corrected chi connectivity index (χ1v) is 8.89. The number of benzene rings is 3. The molecule has 7 nitrogen and oxygen atoms in total.